The van der Waals surface area contributed by atoms with E-state index in [1.165, 1.54) is 4.90 Å². The lowest BCUT2D eigenvalue weighted by atomic mass is 10.3. The summed E-state index contributed by atoms with van der Waals surface area (Å²) in [6.45, 7) is 3.55. The topological polar surface area (TPSA) is 15.3 Å². The first kappa shape index (κ1) is 14.8. The fourth-order valence-corrected chi connectivity index (χ4v) is 1.65. The first-order valence-electron chi connectivity index (χ1n) is 5.98. The van der Waals surface area contributed by atoms with E-state index in [4.69, 9.17) is 0 Å². The number of benzene rings is 1. The van der Waals surface area contributed by atoms with Gasteiger partial charge < -0.3 is 5.32 Å². The van der Waals surface area contributed by atoms with Gasteiger partial charge in [0, 0.05) is 24.8 Å². The summed E-state index contributed by atoms with van der Waals surface area (Å²) in [5.74, 6) is 0. The summed E-state index contributed by atoms with van der Waals surface area (Å²) in [6, 6.07) is 9.34. The van der Waals surface area contributed by atoms with Crippen molar-refractivity contribution in [2.45, 2.75) is 26.1 Å². The number of halogens is 3. The van der Waals surface area contributed by atoms with E-state index < -0.39 is 12.7 Å². The molecule has 0 bridgehead atoms. The van der Waals surface area contributed by atoms with Gasteiger partial charge in [-0.3, -0.25) is 4.90 Å². The van der Waals surface area contributed by atoms with Crippen LogP contribution in [0, 0.1) is 0 Å². The molecule has 0 aliphatic carbocycles. The van der Waals surface area contributed by atoms with Crippen molar-refractivity contribution in [2.24, 2.45) is 0 Å². The van der Waals surface area contributed by atoms with E-state index in [0.29, 0.717) is 13.1 Å². The van der Waals surface area contributed by atoms with Crippen molar-refractivity contribution < 1.29 is 13.2 Å². The normalized spacial score (nSPS) is 12.2. The number of rotatable bonds is 6. The Labute approximate surface area is 106 Å². The molecule has 0 atom stereocenters. The van der Waals surface area contributed by atoms with Gasteiger partial charge in [0.25, 0.3) is 0 Å². The van der Waals surface area contributed by atoms with Gasteiger partial charge in [0.05, 0.1) is 6.54 Å². The van der Waals surface area contributed by atoms with Gasteiger partial charge in [-0.2, -0.15) is 13.2 Å². The van der Waals surface area contributed by atoms with E-state index in [-0.39, 0.29) is 6.04 Å². The lowest BCUT2D eigenvalue weighted by Gasteiger charge is -2.27. The number of nitrogens with one attached hydrogen (secondary N) is 1. The molecule has 1 rings (SSSR count). The van der Waals surface area contributed by atoms with Crippen LogP contribution in [0.3, 0.4) is 0 Å². The first-order valence-corrected chi connectivity index (χ1v) is 5.98. The molecule has 0 aromatic heterocycles. The maximum atomic E-state index is 12.4. The van der Waals surface area contributed by atoms with Gasteiger partial charge in [0.1, 0.15) is 0 Å². The zero-order chi connectivity index (χ0) is 13.6. The van der Waals surface area contributed by atoms with Crippen molar-refractivity contribution in [1.29, 1.82) is 0 Å². The van der Waals surface area contributed by atoms with Crippen LogP contribution in [-0.4, -0.2) is 36.8 Å². The van der Waals surface area contributed by atoms with Crippen LogP contribution in [0.4, 0.5) is 18.9 Å². The summed E-state index contributed by atoms with van der Waals surface area (Å²) in [5, 5.41) is 3.11. The molecule has 18 heavy (non-hydrogen) atoms. The molecule has 0 heterocycles. The van der Waals surface area contributed by atoms with Gasteiger partial charge in [-0.1, -0.05) is 18.2 Å². The second-order valence-corrected chi connectivity index (χ2v) is 4.47. The number of nitrogens with zero attached hydrogens (tertiary/aromatic N) is 1. The van der Waals surface area contributed by atoms with Crippen molar-refractivity contribution in [3.8, 4) is 0 Å². The summed E-state index contributed by atoms with van der Waals surface area (Å²) in [6.07, 6.45) is -4.14. The second kappa shape index (κ2) is 6.64. The fraction of sp³-hybridized carbons (Fsp3) is 0.538. The number of alkyl halides is 3. The molecule has 0 unspecified atom stereocenters. The summed E-state index contributed by atoms with van der Waals surface area (Å²) < 4.78 is 37.1. The third-order valence-corrected chi connectivity index (χ3v) is 2.61. The smallest absolute Gasteiger partial charge is 0.384 e. The molecule has 102 valence electrons. The standard InChI is InChI=1S/C13H19F3N2/c1-11(2)18(10-13(14,15)16)9-8-17-12-6-4-3-5-7-12/h3-7,11,17H,8-10H2,1-2H3. The Balaban J connectivity index is 2.39. The molecule has 0 radical (unpaired) electrons. The van der Waals surface area contributed by atoms with Crippen LogP contribution < -0.4 is 5.32 Å². The average molecular weight is 260 g/mol. The van der Waals surface area contributed by atoms with Crippen molar-refractivity contribution >= 4 is 5.69 Å². The number of anilines is 1. The van der Waals surface area contributed by atoms with Crippen LogP contribution in [0.5, 0.6) is 0 Å². The molecule has 0 saturated heterocycles. The molecule has 1 aromatic carbocycles. The zero-order valence-electron chi connectivity index (χ0n) is 10.7. The molecule has 5 heteroatoms. The highest BCUT2D eigenvalue weighted by Gasteiger charge is 2.31. The van der Waals surface area contributed by atoms with Crippen LogP contribution in [0.2, 0.25) is 0 Å². The van der Waals surface area contributed by atoms with Crippen LogP contribution in [0.1, 0.15) is 13.8 Å². The lowest BCUT2D eigenvalue weighted by Crippen LogP contribution is -2.41. The Morgan fingerprint density at radius 3 is 2.28 bits per heavy atom. The molecule has 0 spiro atoms. The Kier molecular flexibility index (Phi) is 5.47. The third-order valence-electron chi connectivity index (χ3n) is 2.61. The SMILES string of the molecule is CC(C)N(CCNc1ccccc1)CC(F)(F)F. The molecule has 0 amide bonds. The average Bonchev–Trinajstić information content (AvgIpc) is 2.27. The van der Waals surface area contributed by atoms with E-state index in [0.717, 1.165) is 5.69 Å². The first-order chi connectivity index (χ1) is 8.38. The molecule has 2 nitrogen and oxygen atoms in total. The molecule has 0 aliphatic rings. The van der Waals surface area contributed by atoms with E-state index in [1.54, 1.807) is 13.8 Å². The third kappa shape index (κ3) is 5.91. The fourth-order valence-electron chi connectivity index (χ4n) is 1.65. The number of para-hydroxylation sites is 1. The van der Waals surface area contributed by atoms with Crippen LogP contribution >= 0.6 is 0 Å². The molecular formula is C13H19F3N2. The van der Waals surface area contributed by atoms with Crippen molar-refractivity contribution in [3.05, 3.63) is 30.3 Å². The monoisotopic (exact) mass is 260 g/mol. The minimum absolute atomic E-state index is 0.121. The molecule has 0 fully saturated rings. The molecule has 1 N–H and O–H groups in total. The van der Waals surface area contributed by atoms with Crippen molar-refractivity contribution in [2.75, 3.05) is 25.0 Å². The maximum Gasteiger partial charge on any atom is 0.401 e. The van der Waals surface area contributed by atoms with E-state index >= 15 is 0 Å². The highest BCUT2D eigenvalue weighted by atomic mass is 19.4. The minimum atomic E-state index is -4.14. The highest BCUT2D eigenvalue weighted by molar-refractivity contribution is 5.42. The van der Waals surface area contributed by atoms with Crippen molar-refractivity contribution in [3.63, 3.8) is 0 Å². The number of hydrogen-bond acceptors (Lipinski definition) is 2. The largest absolute Gasteiger partial charge is 0.401 e. The Hall–Kier alpha value is -1.23. The molecule has 1 aromatic rings. The Bertz CT molecular complexity index is 336. The van der Waals surface area contributed by atoms with Gasteiger partial charge in [-0.25, -0.2) is 0 Å². The van der Waals surface area contributed by atoms with E-state index in [1.807, 2.05) is 30.3 Å². The summed E-state index contributed by atoms with van der Waals surface area (Å²) in [7, 11) is 0. The summed E-state index contributed by atoms with van der Waals surface area (Å²) in [5.41, 5.74) is 0.924. The van der Waals surface area contributed by atoms with E-state index in [9.17, 15) is 13.2 Å². The van der Waals surface area contributed by atoms with Gasteiger partial charge in [-0.15, -0.1) is 0 Å². The predicted octanol–water partition coefficient (Wildman–Crippen LogP) is 3.37. The zero-order valence-corrected chi connectivity index (χ0v) is 10.7. The Morgan fingerprint density at radius 1 is 1.17 bits per heavy atom. The minimum Gasteiger partial charge on any atom is -0.384 e. The van der Waals surface area contributed by atoms with Crippen molar-refractivity contribution in [1.82, 2.24) is 4.90 Å². The maximum absolute atomic E-state index is 12.4. The van der Waals surface area contributed by atoms with E-state index in [2.05, 4.69) is 5.32 Å². The molecule has 0 saturated carbocycles. The van der Waals surface area contributed by atoms with Gasteiger partial charge >= 0.3 is 6.18 Å². The predicted molar refractivity (Wildman–Crippen MR) is 67.7 cm³/mol. The second-order valence-electron chi connectivity index (χ2n) is 4.47. The summed E-state index contributed by atoms with van der Waals surface area (Å²) >= 11 is 0. The van der Waals surface area contributed by atoms with Crippen LogP contribution in [-0.2, 0) is 0 Å². The van der Waals surface area contributed by atoms with Gasteiger partial charge in [-0.05, 0) is 26.0 Å². The van der Waals surface area contributed by atoms with Crippen LogP contribution in [0.15, 0.2) is 30.3 Å². The quantitative estimate of drug-likeness (QED) is 0.843. The molecule has 0 aliphatic heterocycles. The summed E-state index contributed by atoms with van der Waals surface area (Å²) in [4.78, 5) is 1.41. The van der Waals surface area contributed by atoms with Gasteiger partial charge in [0.15, 0.2) is 0 Å². The highest BCUT2D eigenvalue weighted by Crippen LogP contribution is 2.17. The lowest BCUT2D eigenvalue weighted by molar-refractivity contribution is -0.149. The van der Waals surface area contributed by atoms with Crippen LogP contribution in [0.25, 0.3) is 0 Å². The van der Waals surface area contributed by atoms with Gasteiger partial charge in [0.2, 0.25) is 0 Å². The Morgan fingerprint density at radius 2 is 1.78 bits per heavy atom. The molecular weight excluding hydrogens is 241 g/mol. The number of hydrogen-bond donors (Lipinski definition) is 1.